The molecule has 0 fully saturated rings. The van der Waals surface area contributed by atoms with Gasteiger partial charge < -0.3 is 4.42 Å². The van der Waals surface area contributed by atoms with Crippen molar-refractivity contribution in [2.75, 3.05) is 0 Å². The minimum Gasteiger partial charge on any atom is -0.376 e. The molecule has 0 amide bonds. The molecule has 0 unspecified atom stereocenters. The Kier molecular flexibility index (Phi) is 1.07. The maximum atomic E-state index is 10.2. The Balaban J connectivity index is 3.72. The summed E-state index contributed by atoms with van der Waals surface area (Å²) in [7, 11) is 0. The first-order valence-electron chi connectivity index (χ1n) is 2.11. The van der Waals surface area contributed by atoms with E-state index in [2.05, 4.69) is 9.40 Å². The van der Waals surface area contributed by atoms with Crippen LogP contribution in [-0.4, -0.2) is 9.97 Å². The first-order valence-corrected chi connectivity index (χ1v) is 2.11. The maximum absolute atomic E-state index is 10.2. The average Bonchev–Trinajstić information content (AvgIpc) is 1.59. The van der Waals surface area contributed by atoms with Crippen LogP contribution >= 0.6 is 0 Å². The molecule has 1 aromatic heterocycles. The normalized spacial score (nSPS) is 9.33. The summed E-state index contributed by atoms with van der Waals surface area (Å²) in [4.78, 5) is 14.3. The van der Waals surface area contributed by atoms with Crippen LogP contribution in [0, 0.1) is 10.8 Å². The molecule has 1 heterocycles. The molecule has 0 aromatic carbocycles. The van der Waals surface area contributed by atoms with Gasteiger partial charge in [0.15, 0.2) is 0 Å². The summed E-state index contributed by atoms with van der Waals surface area (Å²) in [6.45, 7) is 0. The molecule has 1 rings (SSSR count). The molecule has 0 aliphatic rings. The lowest BCUT2D eigenvalue weighted by Gasteiger charge is -1.80. The highest BCUT2D eigenvalue weighted by Gasteiger charge is 1.82. The van der Waals surface area contributed by atoms with E-state index in [0.717, 1.165) is 0 Å². The van der Waals surface area contributed by atoms with Gasteiger partial charge in [0.2, 0.25) is 5.62 Å². The molecule has 0 atom stereocenters. The molecule has 1 aromatic rings. The van der Waals surface area contributed by atoms with Gasteiger partial charge in [0, 0.05) is 0 Å². The van der Waals surface area contributed by atoms with Gasteiger partial charge in [0.05, 0.1) is 0 Å². The number of aromatic amines is 2. The van der Waals surface area contributed by atoms with Crippen LogP contribution < -0.4 is 17.1 Å². The Bertz CT molecular complexity index is 276. The van der Waals surface area contributed by atoms with Crippen molar-refractivity contribution in [2.24, 2.45) is 0 Å². The lowest BCUT2D eigenvalue weighted by Crippen LogP contribution is -2.29. The summed E-state index contributed by atoms with van der Waals surface area (Å²) >= 11 is 0. The van der Waals surface area contributed by atoms with E-state index in [4.69, 9.17) is 10.8 Å². The largest absolute Gasteiger partial charge is 0.421 e. The maximum Gasteiger partial charge on any atom is 0.421 e. The molecule has 0 spiro atoms. The molecule has 6 nitrogen and oxygen atoms in total. The fourth-order valence-electron chi connectivity index (χ4n) is 0.391. The molecular formula is C3H4N4O2. The van der Waals surface area contributed by atoms with Gasteiger partial charge in [0.25, 0.3) is 5.68 Å². The van der Waals surface area contributed by atoms with Crippen LogP contribution in [0.3, 0.4) is 0 Å². The molecule has 48 valence electrons. The van der Waals surface area contributed by atoms with Crippen LogP contribution in [0.2, 0.25) is 0 Å². The van der Waals surface area contributed by atoms with Gasteiger partial charge in [0.1, 0.15) is 0 Å². The smallest absolute Gasteiger partial charge is 0.376 e. The van der Waals surface area contributed by atoms with Gasteiger partial charge in [-0.3, -0.25) is 20.8 Å². The Labute approximate surface area is 48.2 Å². The monoisotopic (exact) mass is 128 g/mol. The van der Waals surface area contributed by atoms with Crippen LogP contribution in [0.15, 0.2) is 9.21 Å². The van der Waals surface area contributed by atoms with E-state index in [1.54, 1.807) is 0 Å². The van der Waals surface area contributed by atoms with Crippen molar-refractivity contribution in [3.05, 3.63) is 21.9 Å². The van der Waals surface area contributed by atoms with Gasteiger partial charge >= 0.3 is 5.76 Å². The lowest BCUT2D eigenvalue weighted by molar-refractivity contribution is 0.392. The van der Waals surface area contributed by atoms with Gasteiger partial charge in [-0.05, 0) is 0 Å². The van der Waals surface area contributed by atoms with Crippen LogP contribution in [0.4, 0.5) is 0 Å². The number of hydrogen-bond acceptors (Lipinski definition) is 4. The minimum absolute atomic E-state index is 0.240. The quantitative estimate of drug-likeness (QED) is 0.332. The van der Waals surface area contributed by atoms with Crippen LogP contribution in [-0.2, 0) is 0 Å². The average molecular weight is 128 g/mol. The zero-order valence-electron chi connectivity index (χ0n) is 4.32. The first-order chi connectivity index (χ1) is 4.18. The molecule has 0 saturated heterocycles. The Hall–Kier alpha value is -1.59. The van der Waals surface area contributed by atoms with Crippen molar-refractivity contribution in [2.45, 2.75) is 0 Å². The standard InChI is InChI=1S/C3H4N4O2/c4-1-6-2(5)9-3(8)7-1/h(H4,4,5,6,7,8). The van der Waals surface area contributed by atoms with Gasteiger partial charge in [-0.2, -0.15) is 0 Å². The van der Waals surface area contributed by atoms with E-state index in [0.29, 0.717) is 0 Å². The van der Waals surface area contributed by atoms with E-state index in [-0.39, 0.29) is 5.62 Å². The second-order valence-corrected chi connectivity index (χ2v) is 1.34. The second-order valence-electron chi connectivity index (χ2n) is 1.34. The van der Waals surface area contributed by atoms with Crippen molar-refractivity contribution in [3.8, 4) is 0 Å². The van der Waals surface area contributed by atoms with E-state index in [1.165, 1.54) is 0 Å². The van der Waals surface area contributed by atoms with Crippen molar-refractivity contribution in [1.82, 2.24) is 9.97 Å². The molecule has 4 N–H and O–H groups in total. The first kappa shape index (κ1) is 5.54. The zero-order chi connectivity index (χ0) is 6.85. The Morgan fingerprint density at radius 3 is 2.44 bits per heavy atom. The third kappa shape index (κ3) is 1.15. The molecule has 0 aliphatic heterocycles. The van der Waals surface area contributed by atoms with E-state index in [1.807, 2.05) is 4.98 Å². The summed E-state index contributed by atoms with van der Waals surface area (Å²) in [5, 5.41) is 13.5. The molecule has 0 aliphatic carbocycles. The van der Waals surface area contributed by atoms with Crippen molar-refractivity contribution >= 4 is 0 Å². The van der Waals surface area contributed by atoms with E-state index < -0.39 is 11.4 Å². The molecule has 9 heavy (non-hydrogen) atoms. The molecular weight excluding hydrogens is 124 g/mol. The van der Waals surface area contributed by atoms with Gasteiger partial charge in [-0.15, -0.1) is 0 Å². The topological polar surface area (TPSA) is 109 Å². The highest BCUT2D eigenvalue weighted by molar-refractivity contribution is 4.45. The van der Waals surface area contributed by atoms with E-state index in [9.17, 15) is 4.79 Å². The van der Waals surface area contributed by atoms with Crippen LogP contribution in [0.1, 0.15) is 0 Å². The van der Waals surface area contributed by atoms with Crippen molar-refractivity contribution in [3.63, 3.8) is 0 Å². The second kappa shape index (κ2) is 1.73. The van der Waals surface area contributed by atoms with Crippen LogP contribution in [0.25, 0.3) is 0 Å². The highest BCUT2D eigenvalue weighted by Crippen LogP contribution is 1.38. The summed E-state index contributed by atoms with van der Waals surface area (Å²) < 4.78 is 4.14. The molecule has 0 bridgehead atoms. The van der Waals surface area contributed by atoms with Crippen molar-refractivity contribution in [1.29, 1.82) is 10.8 Å². The van der Waals surface area contributed by atoms with Gasteiger partial charge in [-0.1, -0.05) is 0 Å². The number of aromatic nitrogens is 2. The molecule has 0 radical (unpaired) electrons. The summed E-state index contributed by atoms with van der Waals surface area (Å²) in [6.07, 6.45) is 0. The number of rotatable bonds is 0. The number of hydrogen-bond donors (Lipinski definition) is 4. The SMILES string of the molecule is N=c1[nH]c(=N)oc(=O)[nH]1. The number of H-pyrrole nitrogens is 2. The summed E-state index contributed by atoms with van der Waals surface area (Å²) in [6, 6.07) is 0. The fraction of sp³-hybridized carbons (Fsp3) is 0. The molecule has 6 heteroatoms. The van der Waals surface area contributed by atoms with E-state index >= 15 is 0 Å². The predicted octanol–water partition coefficient (Wildman–Crippen LogP) is -1.75. The zero-order valence-corrected chi connectivity index (χ0v) is 4.32. The van der Waals surface area contributed by atoms with Gasteiger partial charge in [-0.25, -0.2) is 4.79 Å². The summed E-state index contributed by atoms with van der Waals surface area (Å²) in [5.74, 6) is -0.802. The minimum atomic E-state index is -0.802. The number of nitrogens with one attached hydrogen (secondary N) is 4. The van der Waals surface area contributed by atoms with Crippen molar-refractivity contribution < 1.29 is 4.42 Å². The highest BCUT2D eigenvalue weighted by atomic mass is 16.4. The Morgan fingerprint density at radius 1 is 1.33 bits per heavy atom. The summed E-state index contributed by atoms with van der Waals surface area (Å²) in [5.41, 5.74) is -0.667. The van der Waals surface area contributed by atoms with Crippen LogP contribution in [0.5, 0.6) is 0 Å². The third-order valence-electron chi connectivity index (χ3n) is 0.660. The third-order valence-corrected chi connectivity index (χ3v) is 0.660. The lowest BCUT2D eigenvalue weighted by atomic mass is 11.1. The predicted molar refractivity (Wildman–Crippen MR) is 25.4 cm³/mol. The fourth-order valence-corrected chi connectivity index (χ4v) is 0.391. The molecule has 0 saturated carbocycles. The Morgan fingerprint density at radius 2 is 2.00 bits per heavy atom.